The third kappa shape index (κ3) is 4.68. The van der Waals surface area contributed by atoms with Crippen molar-refractivity contribution in [2.45, 2.75) is 32.9 Å². The van der Waals surface area contributed by atoms with E-state index < -0.39 is 9.84 Å². The number of aromatic nitrogens is 2. The SMILES string of the molecule is CCN(c1cc(NCc2ccccc2OC)nc(C)n1)C1CCS(=O)(=O)C1. The molecule has 27 heavy (non-hydrogen) atoms. The van der Waals surface area contributed by atoms with Crippen LogP contribution in [0.15, 0.2) is 30.3 Å². The molecule has 146 valence electrons. The molecular formula is C19H26N4O3S. The lowest BCUT2D eigenvalue weighted by Crippen LogP contribution is -2.37. The Morgan fingerprint density at radius 1 is 1.30 bits per heavy atom. The summed E-state index contributed by atoms with van der Waals surface area (Å²) in [5.74, 6) is 3.37. The summed E-state index contributed by atoms with van der Waals surface area (Å²) in [4.78, 5) is 11.1. The number of para-hydroxylation sites is 1. The topological polar surface area (TPSA) is 84.4 Å². The van der Waals surface area contributed by atoms with Crippen molar-refractivity contribution in [3.63, 3.8) is 0 Å². The average Bonchev–Trinajstić information content (AvgIpc) is 3.00. The van der Waals surface area contributed by atoms with Crippen LogP contribution in [0.3, 0.4) is 0 Å². The van der Waals surface area contributed by atoms with Crippen molar-refractivity contribution in [2.75, 3.05) is 35.4 Å². The molecule has 1 unspecified atom stereocenters. The number of nitrogens with one attached hydrogen (secondary N) is 1. The van der Waals surface area contributed by atoms with Crippen LogP contribution in [-0.2, 0) is 16.4 Å². The van der Waals surface area contributed by atoms with Gasteiger partial charge in [0.2, 0.25) is 0 Å². The van der Waals surface area contributed by atoms with E-state index in [4.69, 9.17) is 4.74 Å². The Morgan fingerprint density at radius 2 is 2.07 bits per heavy atom. The van der Waals surface area contributed by atoms with Gasteiger partial charge in [-0.15, -0.1) is 0 Å². The molecule has 1 aliphatic heterocycles. The molecule has 0 saturated carbocycles. The fourth-order valence-electron chi connectivity index (χ4n) is 3.45. The summed E-state index contributed by atoms with van der Waals surface area (Å²) in [5.41, 5.74) is 1.03. The Morgan fingerprint density at radius 3 is 2.74 bits per heavy atom. The smallest absolute Gasteiger partial charge is 0.152 e. The van der Waals surface area contributed by atoms with Crippen molar-refractivity contribution in [1.82, 2.24) is 9.97 Å². The van der Waals surface area contributed by atoms with Crippen molar-refractivity contribution in [3.05, 3.63) is 41.7 Å². The van der Waals surface area contributed by atoms with Crippen molar-refractivity contribution < 1.29 is 13.2 Å². The first-order chi connectivity index (χ1) is 12.9. The number of ether oxygens (including phenoxy) is 1. The highest BCUT2D eigenvalue weighted by Gasteiger charge is 2.32. The van der Waals surface area contributed by atoms with E-state index in [0.29, 0.717) is 31.2 Å². The van der Waals surface area contributed by atoms with Crippen LogP contribution >= 0.6 is 0 Å². The normalized spacial score (nSPS) is 18.3. The largest absolute Gasteiger partial charge is 0.496 e. The van der Waals surface area contributed by atoms with Gasteiger partial charge in [-0.05, 0) is 26.3 Å². The molecule has 3 rings (SSSR count). The van der Waals surface area contributed by atoms with E-state index in [0.717, 1.165) is 17.1 Å². The minimum absolute atomic E-state index is 0.0311. The van der Waals surface area contributed by atoms with E-state index >= 15 is 0 Å². The van der Waals surface area contributed by atoms with Gasteiger partial charge >= 0.3 is 0 Å². The van der Waals surface area contributed by atoms with Gasteiger partial charge in [-0.2, -0.15) is 0 Å². The van der Waals surface area contributed by atoms with Crippen LogP contribution in [0.1, 0.15) is 24.7 Å². The van der Waals surface area contributed by atoms with Crippen molar-refractivity contribution in [2.24, 2.45) is 0 Å². The Kier molecular flexibility index (Phi) is 5.84. The number of rotatable bonds is 7. The molecule has 0 radical (unpaired) electrons. The molecule has 1 aliphatic rings. The number of aryl methyl sites for hydroxylation is 1. The summed E-state index contributed by atoms with van der Waals surface area (Å²) in [6.07, 6.45) is 0.642. The zero-order valence-electron chi connectivity index (χ0n) is 16.0. The maximum absolute atomic E-state index is 11.9. The van der Waals surface area contributed by atoms with Crippen LogP contribution < -0.4 is 15.0 Å². The lowest BCUT2D eigenvalue weighted by Gasteiger charge is -2.28. The first-order valence-corrected chi connectivity index (χ1v) is 10.9. The van der Waals surface area contributed by atoms with Gasteiger partial charge in [0, 0.05) is 30.8 Å². The van der Waals surface area contributed by atoms with Gasteiger partial charge in [0.05, 0.1) is 18.6 Å². The number of sulfone groups is 1. The van der Waals surface area contributed by atoms with E-state index in [1.807, 2.05) is 44.2 Å². The molecule has 7 nitrogen and oxygen atoms in total. The number of hydrogen-bond acceptors (Lipinski definition) is 7. The average molecular weight is 391 g/mol. The summed E-state index contributed by atoms with van der Waals surface area (Å²) in [7, 11) is -1.29. The van der Waals surface area contributed by atoms with E-state index in [-0.39, 0.29) is 17.5 Å². The van der Waals surface area contributed by atoms with Crippen LogP contribution in [0.2, 0.25) is 0 Å². The molecule has 2 aromatic rings. The molecule has 0 aliphatic carbocycles. The molecule has 1 saturated heterocycles. The number of hydrogen-bond donors (Lipinski definition) is 1. The monoisotopic (exact) mass is 390 g/mol. The van der Waals surface area contributed by atoms with Crippen LogP contribution in [0.25, 0.3) is 0 Å². The number of methoxy groups -OCH3 is 1. The van der Waals surface area contributed by atoms with Gasteiger partial charge in [-0.1, -0.05) is 18.2 Å². The predicted molar refractivity (Wildman–Crippen MR) is 107 cm³/mol. The summed E-state index contributed by atoms with van der Waals surface area (Å²) >= 11 is 0. The third-order valence-corrected chi connectivity index (χ3v) is 6.51. The van der Waals surface area contributed by atoms with Crippen LogP contribution in [0.4, 0.5) is 11.6 Å². The highest BCUT2D eigenvalue weighted by atomic mass is 32.2. The van der Waals surface area contributed by atoms with Gasteiger partial charge < -0.3 is 15.0 Å². The zero-order chi connectivity index (χ0) is 19.4. The van der Waals surface area contributed by atoms with Crippen molar-refractivity contribution in [1.29, 1.82) is 0 Å². The maximum atomic E-state index is 11.9. The molecule has 0 spiro atoms. The van der Waals surface area contributed by atoms with Crippen LogP contribution in [0, 0.1) is 6.92 Å². The summed E-state index contributed by atoms with van der Waals surface area (Å²) in [6.45, 7) is 5.13. The van der Waals surface area contributed by atoms with Gasteiger partial charge in [0.1, 0.15) is 23.2 Å². The van der Waals surface area contributed by atoms with E-state index in [2.05, 4.69) is 20.2 Å². The van der Waals surface area contributed by atoms with Gasteiger partial charge in [0.15, 0.2) is 9.84 Å². The summed E-state index contributed by atoms with van der Waals surface area (Å²) < 4.78 is 29.1. The van der Waals surface area contributed by atoms with E-state index in [9.17, 15) is 8.42 Å². The van der Waals surface area contributed by atoms with Crippen molar-refractivity contribution in [3.8, 4) is 5.75 Å². The highest BCUT2D eigenvalue weighted by molar-refractivity contribution is 7.91. The Bertz CT molecular complexity index is 902. The second kappa shape index (κ2) is 8.12. The molecular weight excluding hydrogens is 364 g/mol. The zero-order valence-corrected chi connectivity index (χ0v) is 16.8. The standard InChI is InChI=1S/C19H26N4O3S/c1-4-23(16-9-10-27(24,25)13-16)19-11-18(21-14(2)22-19)20-12-15-7-5-6-8-17(15)26-3/h5-8,11,16H,4,9-10,12-13H2,1-3H3,(H,20,21,22). The fraction of sp³-hybridized carbons (Fsp3) is 0.474. The minimum Gasteiger partial charge on any atom is -0.496 e. The summed E-state index contributed by atoms with van der Waals surface area (Å²) in [5, 5.41) is 3.33. The third-order valence-electron chi connectivity index (χ3n) is 4.76. The molecule has 1 N–H and O–H groups in total. The van der Waals surface area contributed by atoms with Crippen LogP contribution in [0.5, 0.6) is 5.75 Å². The minimum atomic E-state index is -2.95. The molecule has 1 aromatic heterocycles. The quantitative estimate of drug-likeness (QED) is 0.777. The molecule has 0 amide bonds. The first-order valence-electron chi connectivity index (χ1n) is 9.10. The molecule has 8 heteroatoms. The highest BCUT2D eigenvalue weighted by Crippen LogP contribution is 2.25. The second-order valence-corrected chi connectivity index (χ2v) is 8.90. The molecule has 1 atom stereocenters. The Labute approximate surface area is 160 Å². The van der Waals surface area contributed by atoms with Gasteiger partial charge in [0.25, 0.3) is 0 Å². The van der Waals surface area contributed by atoms with E-state index in [1.165, 1.54) is 0 Å². The molecule has 0 bridgehead atoms. The maximum Gasteiger partial charge on any atom is 0.152 e. The first kappa shape index (κ1) is 19.4. The van der Waals surface area contributed by atoms with E-state index in [1.54, 1.807) is 7.11 Å². The number of nitrogens with zero attached hydrogens (tertiary/aromatic N) is 3. The number of benzene rings is 1. The Hall–Kier alpha value is -2.35. The second-order valence-electron chi connectivity index (χ2n) is 6.67. The van der Waals surface area contributed by atoms with Gasteiger partial charge in [-0.25, -0.2) is 18.4 Å². The van der Waals surface area contributed by atoms with Crippen molar-refractivity contribution >= 4 is 21.5 Å². The molecule has 1 aromatic carbocycles. The molecule has 1 fully saturated rings. The van der Waals surface area contributed by atoms with Gasteiger partial charge in [-0.3, -0.25) is 0 Å². The molecule has 2 heterocycles. The Balaban J connectivity index is 1.79. The lowest BCUT2D eigenvalue weighted by molar-refractivity contribution is 0.410. The van der Waals surface area contributed by atoms with Crippen LogP contribution in [-0.4, -0.2) is 49.6 Å². The lowest BCUT2D eigenvalue weighted by atomic mass is 10.2. The fourth-order valence-corrected chi connectivity index (χ4v) is 5.18. The summed E-state index contributed by atoms with van der Waals surface area (Å²) in [6, 6.07) is 9.68. The number of anilines is 2. The predicted octanol–water partition coefficient (Wildman–Crippen LogP) is 2.42.